The van der Waals surface area contributed by atoms with Crippen molar-refractivity contribution in [2.24, 2.45) is 0 Å². The standard InChI is InChI=1S/2Co.O.Pd/q;+2;-2;. The maximum absolute atomic E-state index is 0. The molecule has 0 aliphatic carbocycles. The van der Waals surface area contributed by atoms with Crippen LogP contribution < -0.4 is 0 Å². The van der Waals surface area contributed by atoms with Gasteiger partial charge in [0.25, 0.3) is 0 Å². The fraction of sp³-hybridized carbons (Fsp3) is 0. The molecule has 4 heavy (non-hydrogen) atoms. The Balaban J connectivity index is 0. The van der Waals surface area contributed by atoms with Gasteiger partial charge in [-0.15, -0.1) is 0 Å². The van der Waals surface area contributed by atoms with E-state index in [1.807, 2.05) is 0 Å². The van der Waals surface area contributed by atoms with Crippen LogP contribution in [0, 0.1) is 0 Å². The van der Waals surface area contributed by atoms with E-state index in [4.69, 9.17) is 0 Å². The maximum atomic E-state index is 0. The van der Waals surface area contributed by atoms with Crippen molar-refractivity contribution in [1.29, 1.82) is 0 Å². The molecule has 0 rings (SSSR count). The predicted octanol–water partition coefficient (Wildman–Crippen LogP) is -0.126. The van der Waals surface area contributed by atoms with E-state index in [-0.39, 0.29) is 59.5 Å². The first-order valence-electron chi connectivity index (χ1n) is 0. The van der Waals surface area contributed by atoms with Gasteiger partial charge in [-0.05, 0) is 0 Å². The Morgan fingerprint density at radius 3 is 1.00 bits per heavy atom. The van der Waals surface area contributed by atoms with Gasteiger partial charge in [0.05, 0.1) is 0 Å². The second-order valence-corrected chi connectivity index (χ2v) is 0. The summed E-state index contributed by atoms with van der Waals surface area (Å²) >= 11 is 0. The molecule has 0 atom stereocenters. The van der Waals surface area contributed by atoms with Crippen LogP contribution in [-0.2, 0) is 59.5 Å². The fourth-order valence-corrected chi connectivity index (χ4v) is 0. The molecule has 0 fully saturated rings. The summed E-state index contributed by atoms with van der Waals surface area (Å²) in [6.45, 7) is 0. The molecule has 0 amide bonds. The summed E-state index contributed by atoms with van der Waals surface area (Å²) in [5, 5.41) is 0. The van der Waals surface area contributed by atoms with E-state index in [1.54, 1.807) is 0 Å². The molecule has 0 aromatic carbocycles. The number of hydrogen-bond donors (Lipinski definition) is 0. The molecule has 0 heterocycles. The second kappa shape index (κ2) is 22.9. The van der Waals surface area contributed by atoms with Gasteiger partial charge in [-0.25, -0.2) is 0 Å². The largest absolute Gasteiger partial charge is 2.00 e. The molecule has 34 valence electrons. The van der Waals surface area contributed by atoms with Crippen molar-refractivity contribution in [2.75, 3.05) is 0 Å². The first-order chi connectivity index (χ1) is 0. The zero-order valence-corrected chi connectivity index (χ0v) is 5.03. The molecule has 0 aliphatic rings. The second-order valence-electron chi connectivity index (χ2n) is 0. The third-order valence-electron chi connectivity index (χ3n) is 0. The normalized spacial score (nSPS) is 0. The summed E-state index contributed by atoms with van der Waals surface area (Å²) < 4.78 is 0. The van der Waals surface area contributed by atoms with Crippen molar-refractivity contribution in [2.45, 2.75) is 0 Å². The van der Waals surface area contributed by atoms with E-state index in [1.165, 1.54) is 0 Å². The molecular weight excluding hydrogens is 240 g/mol. The summed E-state index contributed by atoms with van der Waals surface area (Å²) in [6.07, 6.45) is 0. The topological polar surface area (TPSA) is 28.5 Å². The van der Waals surface area contributed by atoms with Crippen molar-refractivity contribution in [3.63, 3.8) is 0 Å². The quantitative estimate of drug-likeness (QED) is 0.528. The van der Waals surface area contributed by atoms with Crippen molar-refractivity contribution in [1.82, 2.24) is 0 Å². The Morgan fingerprint density at radius 2 is 1.00 bits per heavy atom. The third-order valence-corrected chi connectivity index (χ3v) is 0. The number of hydrogen-bond acceptors (Lipinski definition) is 0. The van der Waals surface area contributed by atoms with Gasteiger partial charge in [-0.1, -0.05) is 0 Å². The van der Waals surface area contributed by atoms with Gasteiger partial charge >= 0.3 is 16.8 Å². The van der Waals surface area contributed by atoms with Crippen LogP contribution in [0.4, 0.5) is 0 Å². The molecule has 0 spiro atoms. The van der Waals surface area contributed by atoms with Crippen LogP contribution in [0.2, 0.25) is 0 Å². The molecular formula is Co2OPd. The van der Waals surface area contributed by atoms with Gasteiger partial charge in [-0.3, -0.25) is 0 Å². The Hall–Kier alpha value is 1.64. The smallest absolute Gasteiger partial charge is 2.00 e. The van der Waals surface area contributed by atoms with Gasteiger partial charge in [0, 0.05) is 37.2 Å². The molecule has 0 aromatic heterocycles. The zero-order chi connectivity index (χ0) is 0. The van der Waals surface area contributed by atoms with E-state index in [9.17, 15) is 0 Å². The van der Waals surface area contributed by atoms with Gasteiger partial charge < -0.3 is 5.48 Å². The van der Waals surface area contributed by atoms with Gasteiger partial charge in [-0.2, -0.15) is 0 Å². The summed E-state index contributed by atoms with van der Waals surface area (Å²) in [5.74, 6) is 0. The average molecular weight is 240 g/mol. The summed E-state index contributed by atoms with van der Waals surface area (Å²) in [7, 11) is 0. The summed E-state index contributed by atoms with van der Waals surface area (Å²) in [4.78, 5) is 0. The first-order valence-corrected chi connectivity index (χ1v) is 0. The van der Waals surface area contributed by atoms with E-state index in [0.717, 1.165) is 0 Å². The van der Waals surface area contributed by atoms with Gasteiger partial charge in [0.15, 0.2) is 0 Å². The molecule has 2 radical (unpaired) electrons. The van der Waals surface area contributed by atoms with Crippen LogP contribution >= 0.6 is 0 Å². The van der Waals surface area contributed by atoms with Crippen molar-refractivity contribution in [3.8, 4) is 0 Å². The van der Waals surface area contributed by atoms with E-state index in [2.05, 4.69) is 0 Å². The minimum absolute atomic E-state index is 0. The Bertz CT molecular complexity index is 6.00. The van der Waals surface area contributed by atoms with Crippen molar-refractivity contribution >= 4 is 0 Å². The monoisotopic (exact) mass is 240 g/mol. The minimum Gasteiger partial charge on any atom is -2.00 e. The average Bonchev–Trinajstić information content (AvgIpc) is 0. The molecule has 0 saturated carbocycles. The minimum atomic E-state index is 0. The molecule has 0 aromatic rings. The van der Waals surface area contributed by atoms with Gasteiger partial charge in [0.2, 0.25) is 0 Å². The van der Waals surface area contributed by atoms with E-state index >= 15 is 0 Å². The van der Waals surface area contributed by atoms with Crippen LogP contribution in [0.5, 0.6) is 0 Å². The van der Waals surface area contributed by atoms with Crippen LogP contribution in [0.25, 0.3) is 0 Å². The van der Waals surface area contributed by atoms with E-state index in [0.29, 0.717) is 0 Å². The molecule has 0 unspecified atom stereocenters. The molecule has 0 bridgehead atoms. The molecule has 4 heteroatoms. The zero-order valence-electron chi connectivity index (χ0n) is 1.39. The van der Waals surface area contributed by atoms with E-state index < -0.39 is 0 Å². The van der Waals surface area contributed by atoms with Gasteiger partial charge in [0.1, 0.15) is 0 Å². The Morgan fingerprint density at radius 1 is 1.00 bits per heavy atom. The molecule has 0 saturated heterocycles. The summed E-state index contributed by atoms with van der Waals surface area (Å²) in [6, 6.07) is 0. The maximum Gasteiger partial charge on any atom is 2.00 e. The Labute approximate surface area is 59.3 Å². The predicted molar refractivity (Wildman–Crippen MR) is 0.686 cm³/mol. The Kier molecular flexibility index (Phi) is 259. The molecule has 0 N–H and O–H groups in total. The third kappa shape index (κ3) is 9.44. The van der Waals surface area contributed by atoms with Crippen molar-refractivity contribution < 1.29 is 59.5 Å². The summed E-state index contributed by atoms with van der Waals surface area (Å²) in [5.41, 5.74) is 0. The number of rotatable bonds is 0. The fourth-order valence-electron chi connectivity index (χ4n) is 0. The van der Waals surface area contributed by atoms with Crippen LogP contribution in [-0.4, -0.2) is 0 Å². The van der Waals surface area contributed by atoms with Crippen LogP contribution in [0.1, 0.15) is 0 Å². The SMILES string of the molecule is [Co+2].[Co].[O-2].[Pd]. The van der Waals surface area contributed by atoms with Crippen LogP contribution in [0.3, 0.4) is 0 Å². The first kappa shape index (κ1) is 45.3. The van der Waals surface area contributed by atoms with Crippen LogP contribution in [0.15, 0.2) is 0 Å². The molecule has 0 aliphatic heterocycles. The van der Waals surface area contributed by atoms with Crippen molar-refractivity contribution in [3.05, 3.63) is 0 Å². The molecule has 1 nitrogen and oxygen atoms in total.